The predicted octanol–water partition coefficient (Wildman–Crippen LogP) is 2.59. The third-order valence-corrected chi connectivity index (χ3v) is 3.10. The predicted molar refractivity (Wildman–Crippen MR) is 80.8 cm³/mol. The summed E-state index contributed by atoms with van der Waals surface area (Å²) < 4.78 is 30.0. The average molecular weight is 329 g/mol. The van der Waals surface area contributed by atoms with Gasteiger partial charge in [-0.3, -0.25) is 4.79 Å². The molecule has 2 N–H and O–H groups in total. The molecule has 0 fully saturated rings. The van der Waals surface area contributed by atoms with Gasteiger partial charge in [0.15, 0.2) is 6.61 Å². The van der Waals surface area contributed by atoms with Crippen molar-refractivity contribution >= 4 is 11.9 Å². The summed E-state index contributed by atoms with van der Waals surface area (Å²) >= 11 is 0. The molecule has 0 aromatic heterocycles. The zero-order valence-corrected chi connectivity index (χ0v) is 13.3. The van der Waals surface area contributed by atoms with E-state index >= 15 is 0 Å². The minimum Gasteiger partial charge on any atom is -0.483 e. The van der Waals surface area contributed by atoms with Crippen LogP contribution in [0, 0.1) is 0 Å². The Labute approximate surface area is 133 Å². The van der Waals surface area contributed by atoms with Crippen molar-refractivity contribution < 1.29 is 28.2 Å². The van der Waals surface area contributed by atoms with Crippen LogP contribution in [-0.4, -0.2) is 36.1 Å². The van der Waals surface area contributed by atoms with Crippen LogP contribution >= 0.6 is 0 Å². The van der Waals surface area contributed by atoms with E-state index < -0.39 is 37.4 Å². The minimum absolute atomic E-state index is 0.202. The SMILES string of the molecule is CC(C)(C)c1ccccc1OCC(=O)NC(CC(F)F)C(=O)O. The molecule has 1 amide bonds. The van der Waals surface area contributed by atoms with Gasteiger partial charge in [-0.1, -0.05) is 39.0 Å². The Balaban J connectivity index is 2.68. The third-order valence-electron chi connectivity index (χ3n) is 3.10. The van der Waals surface area contributed by atoms with Crippen molar-refractivity contribution in [3.63, 3.8) is 0 Å². The number of nitrogens with one attached hydrogen (secondary N) is 1. The number of carbonyl (C=O) groups is 2. The molecule has 0 heterocycles. The number of benzene rings is 1. The third kappa shape index (κ3) is 6.22. The van der Waals surface area contributed by atoms with Crippen LogP contribution in [0.5, 0.6) is 5.75 Å². The topological polar surface area (TPSA) is 75.6 Å². The van der Waals surface area contributed by atoms with Crippen LogP contribution in [-0.2, 0) is 15.0 Å². The van der Waals surface area contributed by atoms with Gasteiger partial charge in [0, 0.05) is 6.42 Å². The zero-order valence-electron chi connectivity index (χ0n) is 13.3. The van der Waals surface area contributed by atoms with Crippen molar-refractivity contribution in [1.29, 1.82) is 0 Å². The first-order valence-corrected chi connectivity index (χ1v) is 7.14. The quantitative estimate of drug-likeness (QED) is 0.806. The van der Waals surface area contributed by atoms with Crippen molar-refractivity contribution in [1.82, 2.24) is 5.32 Å². The van der Waals surface area contributed by atoms with Crippen LogP contribution in [0.2, 0.25) is 0 Å². The van der Waals surface area contributed by atoms with Crippen molar-refractivity contribution in [3.8, 4) is 5.75 Å². The normalized spacial score (nSPS) is 12.8. The number of carboxylic acid groups (broad SMARTS) is 1. The van der Waals surface area contributed by atoms with Crippen LogP contribution in [0.4, 0.5) is 8.78 Å². The molecule has 1 unspecified atom stereocenters. The summed E-state index contributed by atoms with van der Waals surface area (Å²) in [6.07, 6.45) is -3.77. The molecule has 0 aliphatic rings. The number of rotatable bonds is 7. The molecule has 1 aromatic carbocycles. The molecule has 0 bridgehead atoms. The van der Waals surface area contributed by atoms with E-state index in [1.807, 2.05) is 38.2 Å². The summed E-state index contributed by atoms with van der Waals surface area (Å²) in [6, 6.07) is 5.52. The van der Waals surface area contributed by atoms with Gasteiger partial charge in [0.25, 0.3) is 5.91 Å². The number of ether oxygens (including phenoxy) is 1. The molecular weight excluding hydrogens is 308 g/mol. The first kappa shape index (κ1) is 18.9. The first-order chi connectivity index (χ1) is 10.6. The minimum atomic E-state index is -2.82. The second-order valence-corrected chi connectivity index (χ2v) is 6.12. The number of alkyl halides is 2. The molecule has 5 nitrogen and oxygen atoms in total. The van der Waals surface area contributed by atoms with Crippen molar-refractivity contribution in [2.24, 2.45) is 0 Å². The molecule has 0 aliphatic heterocycles. The number of amides is 1. The van der Waals surface area contributed by atoms with Crippen LogP contribution in [0.1, 0.15) is 32.8 Å². The van der Waals surface area contributed by atoms with E-state index in [0.29, 0.717) is 5.75 Å². The second-order valence-electron chi connectivity index (χ2n) is 6.12. The monoisotopic (exact) mass is 329 g/mol. The fourth-order valence-corrected chi connectivity index (χ4v) is 1.99. The number of para-hydroxylation sites is 1. The Hall–Kier alpha value is -2.18. The van der Waals surface area contributed by atoms with E-state index in [-0.39, 0.29) is 5.41 Å². The van der Waals surface area contributed by atoms with Gasteiger partial charge in [-0.15, -0.1) is 0 Å². The van der Waals surface area contributed by atoms with Crippen LogP contribution in [0.15, 0.2) is 24.3 Å². The van der Waals surface area contributed by atoms with E-state index in [9.17, 15) is 18.4 Å². The number of carbonyl (C=O) groups excluding carboxylic acids is 1. The van der Waals surface area contributed by atoms with Crippen molar-refractivity contribution in [3.05, 3.63) is 29.8 Å². The lowest BCUT2D eigenvalue weighted by molar-refractivity contribution is -0.143. The van der Waals surface area contributed by atoms with Crippen molar-refractivity contribution in [2.75, 3.05) is 6.61 Å². The lowest BCUT2D eigenvalue weighted by atomic mass is 9.86. The molecular formula is C16H21F2NO4. The number of aliphatic carboxylic acids is 1. The van der Waals surface area contributed by atoms with Crippen LogP contribution < -0.4 is 10.1 Å². The largest absolute Gasteiger partial charge is 0.483 e. The van der Waals surface area contributed by atoms with E-state index in [0.717, 1.165) is 5.56 Å². The van der Waals surface area contributed by atoms with Crippen molar-refractivity contribution in [2.45, 2.75) is 45.1 Å². The summed E-state index contributed by atoms with van der Waals surface area (Å²) in [6.45, 7) is 5.51. The standard InChI is InChI=1S/C16H21F2NO4/c1-16(2,3)10-6-4-5-7-12(10)23-9-14(20)19-11(15(21)22)8-13(17)18/h4-7,11,13H,8-9H2,1-3H3,(H,19,20)(H,21,22). The van der Waals surface area contributed by atoms with E-state index in [2.05, 4.69) is 0 Å². The van der Waals surface area contributed by atoms with E-state index in [1.54, 1.807) is 12.1 Å². The molecule has 0 saturated heterocycles. The highest BCUT2D eigenvalue weighted by molar-refractivity contribution is 5.84. The Bertz CT molecular complexity index is 555. The highest BCUT2D eigenvalue weighted by atomic mass is 19.3. The Morgan fingerprint density at radius 1 is 1.26 bits per heavy atom. The van der Waals surface area contributed by atoms with Gasteiger partial charge in [-0.2, -0.15) is 0 Å². The molecule has 23 heavy (non-hydrogen) atoms. The smallest absolute Gasteiger partial charge is 0.326 e. The van der Waals surface area contributed by atoms with Gasteiger partial charge in [-0.05, 0) is 17.0 Å². The Kier molecular flexibility index (Phi) is 6.48. The van der Waals surface area contributed by atoms with E-state index in [1.165, 1.54) is 0 Å². The summed E-state index contributed by atoms with van der Waals surface area (Å²) in [4.78, 5) is 22.6. The van der Waals surface area contributed by atoms with Gasteiger partial charge in [0.1, 0.15) is 11.8 Å². The molecule has 0 saturated carbocycles. The number of carboxylic acids is 1. The highest BCUT2D eigenvalue weighted by Gasteiger charge is 2.24. The molecule has 0 spiro atoms. The molecule has 7 heteroatoms. The maximum atomic E-state index is 12.3. The zero-order chi connectivity index (χ0) is 17.6. The van der Waals surface area contributed by atoms with Gasteiger partial charge in [0.05, 0.1) is 0 Å². The molecule has 1 aromatic rings. The first-order valence-electron chi connectivity index (χ1n) is 7.14. The molecule has 1 rings (SSSR count). The molecule has 0 radical (unpaired) electrons. The van der Waals surface area contributed by atoms with Gasteiger partial charge in [-0.25, -0.2) is 13.6 Å². The van der Waals surface area contributed by atoms with Crippen LogP contribution in [0.3, 0.4) is 0 Å². The Morgan fingerprint density at radius 3 is 2.39 bits per heavy atom. The highest BCUT2D eigenvalue weighted by Crippen LogP contribution is 2.30. The summed E-state index contributed by atoms with van der Waals surface area (Å²) in [5.41, 5.74) is 0.682. The lowest BCUT2D eigenvalue weighted by Crippen LogP contribution is -2.44. The molecule has 1 atom stereocenters. The summed E-state index contributed by atoms with van der Waals surface area (Å²) in [5, 5.41) is 10.9. The van der Waals surface area contributed by atoms with Crippen LogP contribution in [0.25, 0.3) is 0 Å². The molecule has 128 valence electrons. The summed E-state index contributed by atoms with van der Waals surface area (Å²) in [7, 11) is 0. The number of hydrogen-bond donors (Lipinski definition) is 2. The summed E-state index contributed by atoms with van der Waals surface area (Å²) in [5.74, 6) is -1.77. The van der Waals surface area contributed by atoms with Gasteiger partial charge >= 0.3 is 5.97 Å². The van der Waals surface area contributed by atoms with Gasteiger partial charge in [0.2, 0.25) is 6.43 Å². The van der Waals surface area contributed by atoms with E-state index in [4.69, 9.17) is 9.84 Å². The van der Waals surface area contributed by atoms with Gasteiger partial charge < -0.3 is 15.2 Å². The lowest BCUT2D eigenvalue weighted by Gasteiger charge is -2.22. The number of hydrogen-bond acceptors (Lipinski definition) is 3. The fraction of sp³-hybridized carbons (Fsp3) is 0.500. The molecule has 0 aliphatic carbocycles. The average Bonchev–Trinajstić information content (AvgIpc) is 2.43. The maximum Gasteiger partial charge on any atom is 0.326 e. The Morgan fingerprint density at radius 2 is 1.87 bits per heavy atom. The second kappa shape index (κ2) is 7.89. The number of halogens is 2. The maximum absolute atomic E-state index is 12.3. The fourth-order valence-electron chi connectivity index (χ4n) is 1.99.